The van der Waals surface area contributed by atoms with E-state index in [-0.39, 0.29) is 0 Å². The van der Waals surface area contributed by atoms with Gasteiger partial charge in [0.05, 0.1) is 10.2 Å². The van der Waals surface area contributed by atoms with E-state index >= 15 is 0 Å². The number of fused-ring (bicyclic) bond motifs is 1. The smallest absolute Gasteiger partial charge is 0.189 e. The topological polar surface area (TPSA) is 71.1 Å². The highest BCUT2D eigenvalue weighted by Gasteiger charge is 2.11. The molecule has 0 saturated carbocycles. The Morgan fingerprint density at radius 3 is 2.39 bits per heavy atom. The van der Waals surface area contributed by atoms with Crippen molar-refractivity contribution in [2.45, 2.75) is 0 Å². The van der Waals surface area contributed by atoms with Crippen LogP contribution in [0.2, 0.25) is 0 Å². The first-order valence-corrected chi connectivity index (χ1v) is 11.4. The number of hydrazine groups is 1. The van der Waals surface area contributed by atoms with Crippen LogP contribution >= 0.6 is 23.6 Å². The van der Waals surface area contributed by atoms with Crippen LogP contribution in [-0.4, -0.2) is 15.1 Å². The lowest BCUT2D eigenvalue weighted by atomic mass is 10.2. The first-order chi connectivity index (χ1) is 16.2. The zero-order valence-electron chi connectivity index (χ0n) is 17.4. The first-order valence-electron chi connectivity index (χ1n) is 10.2. The molecule has 0 aliphatic rings. The number of benzene rings is 3. The summed E-state index contributed by atoms with van der Waals surface area (Å²) in [6.07, 6.45) is 1.53. The van der Waals surface area contributed by atoms with Crippen LogP contribution in [0.25, 0.3) is 20.7 Å². The van der Waals surface area contributed by atoms with Gasteiger partial charge in [-0.1, -0.05) is 48.5 Å². The summed E-state index contributed by atoms with van der Waals surface area (Å²) in [4.78, 5) is 9.87. The highest BCUT2D eigenvalue weighted by atomic mass is 32.1. The molecule has 0 aliphatic heterocycles. The van der Waals surface area contributed by atoms with Crippen molar-refractivity contribution < 1.29 is 4.74 Å². The van der Waals surface area contributed by atoms with Gasteiger partial charge < -0.3 is 10.1 Å². The Kier molecular flexibility index (Phi) is 6.10. The highest BCUT2D eigenvalue weighted by Crippen LogP contribution is 2.37. The van der Waals surface area contributed by atoms with Crippen molar-refractivity contribution in [2.24, 2.45) is 0 Å². The molecule has 3 N–H and O–H groups in total. The summed E-state index contributed by atoms with van der Waals surface area (Å²) in [7, 11) is 0. The Morgan fingerprint density at radius 2 is 1.58 bits per heavy atom. The SMILES string of the molecule is S=C(NNc1ncnc2cc(-c3cccc(Oc4ccccc4)c3)sc12)Nc1ccccc1. The minimum Gasteiger partial charge on any atom is -0.457 e. The van der Waals surface area contributed by atoms with Gasteiger partial charge in [0.15, 0.2) is 10.9 Å². The van der Waals surface area contributed by atoms with E-state index in [4.69, 9.17) is 17.0 Å². The molecule has 0 unspecified atom stereocenters. The van der Waals surface area contributed by atoms with Gasteiger partial charge in [0, 0.05) is 10.6 Å². The number of thiocarbonyl (C=S) groups is 1. The van der Waals surface area contributed by atoms with Gasteiger partial charge in [-0.2, -0.15) is 0 Å². The second kappa shape index (κ2) is 9.64. The maximum atomic E-state index is 5.99. The lowest BCUT2D eigenvalue weighted by Gasteiger charge is -2.12. The molecule has 162 valence electrons. The number of hydrogen-bond acceptors (Lipinski definition) is 6. The molecule has 3 aromatic carbocycles. The summed E-state index contributed by atoms with van der Waals surface area (Å²) in [5.74, 6) is 2.24. The number of rotatable bonds is 6. The minimum absolute atomic E-state index is 0.440. The van der Waals surface area contributed by atoms with E-state index < -0.39 is 0 Å². The Labute approximate surface area is 200 Å². The summed E-state index contributed by atoms with van der Waals surface area (Å²) in [5.41, 5.74) is 8.89. The molecule has 5 aromatic rings. The molecule has 8 heteroatoms. The molecule has 2 aromatic heterocycles. The van der Waals surface area contributed by atoms with E-state index in [1.165, 1.54) is 6.33 Å². The van der Waals surface area contributed by atoms with E-state index in [0.29, 0.717) is 10.9 Å². The van der Waals surface area contributed by atoms with E-state index in [1.54, 1.807) is 11.3 Å². The fraction of sp³-hybridized carbons (Fsp3) is 0. The molecule has 0 spiro atoms. The third-order valence-electron chi connectivity index (χ3n) is 4.73. The molecule has 0 fully saturated rings. The first kappa shape index (κ1) is 20.9. The molecule has 0 aliphatic carbocycles. The monoisotopic (exact) mass is 469 g/mol. The molecule has 5 rings (SSSR count). The molecule has 0 atom stereocenters. The van der Waals surface area contributed by atoms with Crippen LogP contribution in [0, 0.1) is 0 Å². The van der Waals surface area contributed by atoms with E-state index in [1.807, 2.05) is 78.9 Å². The number of thiophene rings is 1. The van der Waals surface area contributed by atoms with Gasteiger partial charge in [-0.3, -0.25) is 10.9 Å². The average molecular weight is 470 g/mol. The molecule has 0 radical (unpaired) electrons. The predicted molar refractivity (Wildman–Crippen MR) is 139 cm³/mol. The molecule has 6 nitrogen and oxygen atoms in total. The maximum absolute atomic E-state index is 5.99. The quantitative estimate of drug-likeness (QED) is 0.195. The third-order valence-corrected chi connectivity index (χ3v) is 6.12. The summed E-state index contributed by atoms with van der Waals surface area (Å²) >= 11 is 6.97. The lowest BCUT2D eigenvalue weighted by Crippen LogP contribution is -2.33. The maximum Gasteiger partial charge on any atom is 0.189 e. The van der Waals surface area contributed by atoms with Crippen molar-refractivity contribution in [3.05, 3.63) is 97.3 Å². The number of ether oxygens (including phenoxy) is 1. The molecule has 0 bridgehead atoms. The van der Waals surface area contributed by atoms with Gasteiger partial charge in [0.25, 0.3) is 0 Å². The number of nitrogens with zero attached hydrogens (tertiary/aromatic N) is 2. The summed E-state index contributed by atoms with van der Waals surface area (Å²) < 4.78 is 6.91. The fourth-order valence-corrected chi connectivity index (χ4v) is 4.44. The van der Waals surface area contributed by atoms with Crippen LogP contribution < -0.4 is 20.9 Å². The number of para-hydroxylation sites is 2. The van der Waals surface area contributed by atoms with Crippen molar-refractivity contribution in [1.29, 1.82) is 0 Å². The van der Waals surface area contributed by atoms with E-state index in [9.17, 15) is 0 Å². The van der Waals surface area contributed by atoms with Gasteiger partial charge >= 0.3 is 0 Å². The van der Waals surface area contributed by atoms with Crippen molar-refractivity contribution in [3.8, 4) is 21.9 Å². The zero-order chi connectivity index (χ0) is 22.5. The average Bonchev–Trinajstić information content (AvgIpc) is 3.29. The molecule has 2 heterocycles. The molecular weight excluding hydrogens is 450 g/mol. The summed E-state index contributed by atoms with van der Waals surface area (Å²) in [6.45, 7) is 0. The number of aromatic nitrogens is 2. The van der Waals surface area contributed by atoms with Gasteiger partial charge in [0.1, 0.15) is 17.8 Å². The van der Waals surface area contributed by atoms with E-state index in [2.05, 4.69) is 38.3 Å². The molecule has 0 amide bonds. The van der Waals surface area contributed by atoms with Gasteiger partial charge in [-0.05, 0) is 60.2 Å². The minimum atomic E-state index is 0.440. The summed E-state index contributed by atoms with van der Waals surface area (Å²) in [6, 6.07) is 29.5. The second-order valence-corrected chi connectivity index (χ2v) is 8.52. The second-order valence-electron chi connectivity index (χ2n) is 7.06. The normalized spacial score (nSPS) is 10.5. The van der Waals surface area contributed by atoms with Crippen LogP contribution in [0.3, 0.4) is 0 Å². The Morgan fingerprint density at radius 1 is 0.818 bits per heavy atom. The van der Waals surface area contributed by atoms with Gasteiger partial charge in [0.2, 0.25) is 0 Å². The Hall–Kier alpha value is -4.01. The largest absolute Gasteiger partial charge is 0.457 e. The van der Waals surface area contributed by atoms with Crippen LogP contribution in [0.15, 0.2) is 97.3 Å². The zero-order valence-corrected chi connectivity index (χ0v) is 19.0. The van der Waals surface area contributed by atoms with Crippen LogP contribution in [0.4, 0.5) is 11.5 Å². The van der Waals surface area contributed by atoms with Crippen molar-refractivity contribution in [2.75, 3.05) is 10.7 Å². The molecule has 0 saturated heterocycles. The lowest BCUT2D eigenvalue weighted by molar-refractivity contribution is 0.483. The number of hydrogen-bond donors (Lipinski definition) is 3. The Balaban J connectivity index is 1.33. The highest BCUT2D eigenvalue weighted by molar-refractivity contribution is 7.80. The molecular formula is C25H19N5OS2. The number of anilines is 2. The van der Waals surface area contributed by atoms with Crippen LogP contribution in [0.5, 0.6) is 11.5 Å². The van der Waals surface area contributed by atoms with E-state index in [0.717, 1.165) is 37.8 Å². The summed E-state index contributed by atoms with van der Waals surface area (Å²) in [5, 5.41) is 3.56. The van der Waals surface area contributed by atoms with Crippen molar-refractivity contribution >= 4 is 50.4 Å². The Bertz CT molecular complexity index is 1390. The van der Waals surface area contributed by atoms with Gasteiger partial charge in [-0.15, -0.1) is 11.3 Å². The van der Waals surface area contributed by atoms with Crippen molar-refractivity contribution in [1.82, 2.24) is 15.4 Å². The fourth-order valence-electron chi connectivity index (χ4n) is 3.22. The predicted octanol–water partition coefficient (Wildman–Crippen LogP) is 6.46. The van der Waals surface area contributed by atoms with Gasteiger partial charge in [-0.25, -0.2) is 9.97 Å². The third kappa shape index (κ3) is 5.08. The molecule has 33 heavy (non-hydrogen) atoms. The number of nitrogens with one attached hydrogen (secondary N) is 3. The standard InChI is InChI=1S/C25H19N5OS2/c32-25(28-18-9-3-1-4-10-18)30-29-24-23-21(26-16-27-24)15-22(33-23)17-8-7-13-20(14-17)31-19-11-5-2-6-12-19/h1-16H,(H,26,27,29)(H2,28,30,32). The van der Waals surface area contributed by atoms with Crippen LogP contribution in [0.1, 0.15) is 0 Å². The van der Waals surface area contributed by atoms with Crippen molar-refractivity contribution in [3.63, 3.8) is 0 Å². The van der Waals surface area contributed by atoms with Crippen LogP contribution in [-0.2, 0) is 0 Å².